The largest absolute Gasteiger partial charge is 0.481 e. The number of hydrogen-bond donors (Lipinski definition) is 2. The van der Waals surface area contributed by atoms with Gasteiger partial charge in [0.1, 0.15) is 0 Å². The maximum Gasteiger partial charge on any atom is 0.304 e. The van der Waals surface area contributed by atoms with Crippen molar-refractivity contribution < 1.29 is 14.7 Å². The number of carboxylic acids is 1. The van der Waals surface area contributed by atoms with E-state index in [0.29, 0.717) is 13.1 Å². The highest BCUT2D eigenvalue weighted by atomic mass is 32.1. The van der Waals surface area contributed by atoms with Crippen molar-refractivity contribution in [2.75, 3.05) is 13.1 Å². The van der Waals surface area contributed by atoms with Crippen molar-refractivity contribution in [1.82, 2.24) is 10.2 Å². The third-order valence-electron chi connectivity index (χ3n) is 3.55. The molecule has 0 spiro atoms. The van der Waals surface area contributed by atoms with E-state index < -0.39 is 5.97 Å². The van der Waals surface area contributed by atoms with Crippen molar-refractivity contribution >= 4 is 23.2 Å². The van der Waals surface area contributed by atoms with Crippen LogP contribution in [0.15, 0.2) is 17.5 Å². The van der Waals surface area contributed by atoms with E-state index >= 15 is 0 Å². The highest BCUT2D eigenvalue weighted by Crippen LogP contribution is 2.19. The summed E-state index contributed by atoms with van der Waals surface area (Å²) in [4.78, 5) is 25.9. The van der Waals surface area contributed by atoms with Crippen LogP contribution in [-0.4, -0.2) is 41.0 Å². The van der Waals surface area contributed by atoms with E-state index in [9.17, 15) is 9.59 Å². The molecule has 20 heavy (non-hydrogen) atoms. The minimum Gasteiger partial charge on any atom is -0.481 e. The second kappa shape index (κ2) is 7.40. The van der Waals surface area contributed by atoms with Crippen LogP contribution >= 0.6 is 11.3 Å². The smallest absolute Gasteiger partial charge is 0.304 e. The molecule has 0 radical (unpaired) electrons. The number of likely N-dealkylation sites (tertiary alicyclic amines) is 1. The van der Waals surface area contributed by atoms with Crippen LogP contribution in [0.3, 0.4) is 0 Å². The Hall–Kier alpha value is -1.40. The number of carbonyl (C=O) groups excluding carboxylic acids is 1. The van der Waals surface area contributed by atoms with Gasteiger partial charge in [-0.25, -0.2) is 0 Å². The lowest BCUT2D eigenvalue weighted by molar-refractivity contribution is -0.139. The molecule has 5 nitrogen and oxygen atoms in total. The van der Waals surface area contributed by atoms with Crippen LogP contribution in [0.4, 0.5) is 0 Å². The van der Waals surface area contributed by atoms with Gasteiger partial charge in [0, 0.05) is 10.9 Å². The maximum absolute atomic E-state index is 11.9. The first-order chi connectivity index (χ1) is 9.65. The van der Waals surface area contributed by atoms with Gasteiger partial charge in [0.2, 0.25) is 5.91 Å². The molecule has 1 aliphatic rings. The minimum atomic E-state index is -0.791. The molecule has 0 saturated carbocycles. The first-order valence-corrected chi connectivity index (χ1v) is 7.78. The lowest BCUT2D eigenvalue weighted by Gasteiger charge is -2.34. The molecule has 1 aromatic rings. The van der Waals surface area contributed by atoms with Crippen LogP contribution in [0.2, 0.25) is 0 Å². The van der Waals surface area contributed by atoms with Crippen molar-refractivity contribution in [3.8, 4) is 0 Å². The van der Waals surface area contributed by atoms with Crippen LogP contribution in [0.25, 0.3) is 0 Å². The number of nitrogens with one attached hydrogen (secondary N) is 1. The Morgan fingerprint density at radius 2 is 2.30 bits per heavy atom. The Labute approximate surface area is 122 Å². The molecule has 1 amide bonds. The molecule has 110 valence electrons. The molecule has 2 heterocycles. The first kappa shape index (κ1) is 15.0. The summed E-state index contributed by atoms with van der Waals surface area (Å²) < 4.78 is 0. The van der Waals surface area contributed by atoms with E-state index in [1.807, 2.05) is 22.4 Å². The Morgan fingerprint density at radius 3 is 3.00 bits per heavy atom. The summed E-state index contributed by atoms with van der Waals surface area (Å²) in [5.74, 6) is -0.823. The third-order valence-corrected chi connectivity index (χ3v) is 4.42. The molecule has 2 N–H and O–H groups in total. The quantitative estimate of drug-likeness (QED) is 0.838. The van der Waals surface area contributed by atoms with Gasteiger partial charge in [-0.05, 0) is 30.8 Å². The van der Waals surface area contributed by atoms with Crippen molar-refractivity contribution in [3.05, 3.63) is 22.4 Å². The zero-order valence-corrected chi connectivity index (χ0v) is 12.2. The van der Waals surface area contributed by atoms with Crippen LogP contribution in [0.5, 0.6) is 0 Å². The molecule has 0 aliphatic carbocycles. The standard InChI is InChI=1S/C14H20N2O3S/c17-13(15-9-12-5-3-7-20-12)10-16-6-2-1-4-11(16)8-14(18)19/h3,5,7,11H,1-2,4,6,8-10H2,(H,15,17)(H,18,19). The summed E-state index contributed by atoms with van der Waals surface area (Å²) in [6.45, 7) is 1.65. The molecule has 1 aliphatic heterocycles. The second-order valence-corrected chi connectivity index (χ2v) is 6.11. The molecule has 1 saturated heterocycles. The number of piperidine rings is 1. The van der Waals surface area contributed by atoms with E-state index in [4.69, 9.17) is 5.11 Å². The highest BCUT2D eigenvalue weighted by molar-refractivity contribution is 7.09. The Bertz CT molecular complexity index is 447. The van der Waals surface area contributed by atoms with Gasteiger partial charge in [-0.2, -0.15) is 0 Å². The lowest BCUT2D eigenvalue weighted by Crippen LogP contribution is -2.46. The van der Waals surface area contributed by atoms with E-state index in [0.717, 1.165) is 30.7 Å². The molecule has 0 aromatic carbocycles. The molecule has 0 bridgehead atoms. The number of carboxylic acid groups (broad SMARTS) is 1. The third kappa shape index (κ3) is 4.61. The second-order valence-electron chi connectivity index (χ2n) is 5.07. The molecular formula is C14H20N2O3S. The van der Waals surface area contributed by atoms with E-state index in [1.165, 1.54) is 0 Å². The highest BCUT2D eigenvalue weighted by Gasteiger charge is 2.25. The number of carbonyl (C=O) groups is 2. The van der Waals surface area contributed by atoms with Crippen LogP contribution in [0, 0.1) is 0 Å². The fourth-order valence-corrected chi connectivity index (χ4v) is 3.18. The normalized spacial score (nSPS) is 19.7. The van der Waals surface area contributed by atoms with Gasteiger partial charge >= 0.3 is 5.97 Å². The van der Waals surface area contributed by atoms with Gasteiger partial charge in [0.05, 0.1) is 19.5 Å². The Kier molecular flexibility index (Phi) is 5.55. The summed E-state index contributed by atoms with van der Waals surface area (Å²) in [6, 6.07) is 3.94. The molecular weight excluding hydrogens is 276 g/mol. The number of hydrogen-bond acceptors (Lipinski definition) is 4. The van der Waals surface area contributed by atoms with E-state index in [1.54, 1.807) is 11.3 Å². The average molecular weight is 296 g/mol. The SMILES string of the molecule is O=C(O)CC1CCCCN1CC(=O)NCc1cccs1. The van der Waals surface area contributed by atoms with Crippen LogP contribution in [-0.2, 0) is 16.1 Å². The van der Waals surface area contributed by atoms with Crippen LogP contribution in [0.1, 0.15) is 30.6 Å². The fourth-order valence-electron chi connectivity index (χ4n) is 2.54. The molecule has 1 aromatic heterocycles. The molecule has 6 heteroatoms. The average Bonchev–Trinajstić information content (AvgIpc) is 2.91. The number of amides is 1. The summed E-state index contributed by atoms with van der Waals surface area (Å²) in [6.07, 6.45) is 3.07. The van der Waals surface area contributed by atoms with Gasteiger partial charge < -0.3 is 10.4 Å². The molecule has 2 rings (SSSR count). The predicted molar refractivity (Wildman–Crippen MR) is 77.6 cm³/mol. The molecule has 1 fully saturated rings. The molecule has 1 atom stereocenters. The monoisotopic (exact) mass is 296 g/mol. The Balaban J connectivity index is 1.80. The summed E-state index contributed by atoms with van der Waals surface area (Å²) in [5.41, 5.74) is 0. The van der Waals surface area contributed by atoms with Crippen molar-refractivity contribution in [2.45, 2.75) is 38.3 Å². The summed E-state index contributed by atoms with van der Waals surface area (Å²) in [5, 5.41) is 13.8. The van der Waals surface area contributed by atoms with Gasteiger partial charge in [-0.15, -0.1) is 11.3 Å². The van der Waals surface area contributed by atoms with E-state index in [-0.39, 0.29) is 18.4 Å². The van der Waals surface area contributed by atoms with Gasteiger partial charge in [0.25, 0.3) is 0 Å². The number of nitrogens with zero attached hydrogens (tertiary/aromatic N) is 1. The Morgan fingerprint density at radius 1 is 1.45 bits per heavy atom. The first-order valence-electron chi connectivity index (χ1n) is 6.90. The number of thiophene rings is 1. The fraction of sp³-hybridized carbons (Fsp3) is 0.571. The lowest BCUT2D eigenvalue weighted by atomic mass is 9.99. The minimum absolute atomic E-state index is 0.00580. The van der Waals surface area contributed by atoms with Crippen LogP contribution < -0.4 is 5.32 Å². The number of rotatable bonds is 6. The maximum atomic E-state index is 11.9. The zero-order chi connectivity index (χ0) is 14.4. The molecule has 1 unspecified atom stereocenters. The van der Waals surface area contributed by atoms with Crippen molar-refractivity contribution in [2.24, 2.45) is 0 Å². The zero-order valence-electron chi connectivity index (χ0n) is 11.4. The van der Waals surface area contributed by atoms with Gasteiger partial charge in [0.15, 0.2) is 0 Å². The summed E-state index contributed by atoms with van der Waals surface area (Å²) in [7, 11) is 0. The topological polar surface area (TPSA) is 69.6 Å². The van der Waals surface area contributed by atoms with E-state index in [2.05, 4.69) is 5.32 Å². The predicted octanol–water partition coefficient (Wildman–Crippen LogP) is 1.69. The van der Waals surface area contributed by atoms with Crippen molar-refractivity contribution in [3.63, 3.8) is 0 Å². The van der Waals surface area contributed by atoms with Crippen molar-refractivity contribution in [1.29, 1.82) is 0 Å². The summed E-state index contributed by atoms with van der Waals surface area (Å²) >= 11 is 1.61. The van der Waals surface area contributed by atoms with Gasteiger partial charge in [-0.1, -0.05) is 12.5 Å². The number of aliphatic carboxylic acids is 1. The van der Waals surface area contributed by atoms with Gasteiger partial charge in [-0.3, -0.25) is 14.5 Å².